The van der Waals surface area contributed by atoms with Gasteiger partial charge in [-0.2, -0.15) is 0 Å². The molecule has 26 heavy (non-hydrogen) atoms. The Bertz CT molecular complexity index is 761. The Kier molecular flexibility index (Phi) is 5.89. The van der Waals surface area contributed by atoms with Gasteiger partial charge in [0.1, 0.15) is 0 Å². The van der Waals surface area contributed by atoms with E-state index in [1.807, 2.05) is 54.3 Å². The first-order chi connectivity index (χ1) is 12.6. The number of hydrogen-bond donors (Lipinski definition) is 1. The van der Waals surface area contributed by atoms with Gasteiger partial charge in [-0.1, -0.05) is 30.3 Å². The van der Waals surface area contributed by atoms with Crippen molar-refractivity contribution in [3.8, 4) is 0 Å². The Morgan fingerprint density at radius 2 is 1.81 bits per heavy atom. The summed E-state index contributed by atoms with van der Waals surface area (Å²) in [7, 11) is 0. The quantitative estimate of drug-likeness (QED) is 0.827. The van der Waals surface area contributed by atoms with E-state index < -0.39 is 5.97 Å². The summed E-state index contributed by atoms with van der Waals surface area (Å²) in [6.07, 6.45) is 3.15. The average molecular weight is 352 g/mol. The normalized spacial score (nSPS) is 16.8. The molecule has 0 aromatic heterocycles. The molecule has 2 aromatic carbocycles. The fourth-order valence-corrected chi connectivity index (χ4v) is 3.20. The summed E-state index contributed by atoms with van der Waals surface area (Å²) in [5, 5.41) is 3.22. The third-order valence-corrected chi connectivity index (χ3v) is 4.65. The second kappa shape index (κ2) is 8.52. The van der Waals surface area contributed by atoms with Crippen LogP contribution in [0.4, 0.5) is 11.4 Å². The van der Waals surface area contributed by atoms with Crippen LogP contribution in [0.2, 0.25) is 0 Å². The number of para-hydroxylation sites is 2. The molecule has 1 atom stereocenters. The summed E-state index contributed by atoms with van der Waals surface area (Å²) in [6.45, 7) is 2.56. The van der Waals surface area contributed by atoms with E-state index in [-0.39, 0.29) is 18.6 Å². The van der Waals surface area contributed by atoms with Gasteiger partial charge < -0.3 is 15.0 Å². The van der Waals surface area contributed by atoms with Crippen molar-refractivity contribution in [2.24, 2.45) is 0 Å². The molecule has 1 saturated heterocycles. The average Bonchev–Trinajstić information content (AvgIpc) is 2.67. The van der Waals surface area contributed by atoms with E-state index in [0.717, 1.165) is 31.5 Å². The molecule has 1 N–H and O–H groups in total. The SMILES string of the molecule is C[C@H]1CCCCN1C(=O)COC(=O)c1ccccc1Nc1ccccc1. The lowest BCUT2D eigenvalue weighted by Gasteiger charge is -2.33. The third-order valence-electron chi connectivity index (χ3n) is 4.65. The topological polar surface area (TPSA) is 58.6 Å². The molecule has 0 unspecified atom stereocenters. The van der Waals surface area contributed by atoms with Gasteiger partial charge in [0, 0.05) is 18.3 Å². The highest BCUT2D eigenvalue weighted by Crippen LogP contribution is 2.22. The molecule has 0 bridgehead atoms. The summed E-state index contributed by atoms with van der Waals surface area (Å²) >= 11 is 0. The molecule has 1 amide bonds. The van der Waals surface area contributed by atoms with E-state index in [2.05, 4.69) is 5.32 Å². The molecular formula is C21H24N2O3. The Balaban J connectivity index is 1.64. The highest BCUT2D eigenvalue weighted by atomic mass is 16.5. The molecule has 2 aromatic rings. The lowest BCUT2D eigenvalue weighted by atomic mass is 10.0. The number of nitrogens with zero attached hydrogens (tertiary/aromatic N) is 1. The van der Waals surface area contributed by atoms with Crippen LogP contribution < -0.4 is 5.32 Å². The van der Waals surface area contributed by atoms with Gasteiger partial charge in [0.2, 0.25) is 0 Å². The molecule has 136 valence electrons. The fraction of sp³-hybridized carbons (Fsp3) is 0.333. The lowest BCUT2D eigenvalue weighted by molar-refractivity contribution is -0.137. The van der Waals surface area contributed by atoms with Gasteiger partial charge in [0.05, 0.1) is 11.3 Å². The van der Waals surface area contributed by atoms with E-state index in [9.17, 15) is 9.59 Å². The minimum atomic E-state index is -0.498. The Labute approximate surface area is 154 Å². The second-order valence-corrected chi connectivity index (χ2v) is 6.54. The van der Waals surface area contributed by atoms with Crippen molar-refractivity contribution in [1.82, 2.24) is 4.90 Å². The highest BCUT2D eigenvalue weighted by Gasteiger charge is 2.24. The number of carbonyl (C=O) groups is 2. The maximum atomic E-state index is 12.5. The molecule has 1 fully saturated rings. The minimum Gasteiger partial charge on any atom is -0.452 e. The van der Waals surface area contributed by atoms with Crippen LogP contribution in [-0.2, 0) is 9.53 Å². The zero-order chi connectivity index (χ0) is 18.4. The predicted molar refractivity (Wildman–Crippen MR) is 101 cm³/mol. The summed E-state index contributed by atoms with van der Waals surface area (Å²) in [6, 6.07) is 17.0. The van der Waals surface area contributed by atoms with Crippen LogP contribution in [0.3, 0.4) is 0 Å². The molecular weight excluding hydrogens is 328 g/mol. The monoisotopic (exact) mass is 352 g/mol. The summed E-state index contributed by atoms with van der Waals surface area (Å²) in [4.78, 5) is 26.7. The zero-order valence-electron chi connectivity index (χ0n) is 15.0. The van der Waals surface area contributed by atoms with Gasteiger partial charge >= 0.3 is 5.97 Å². The van der Waals surface area contributed by atoms with Crippen LogP contribution in [0.1, 0.15) is 36.5 Å². The number of amides is 1. The molecule has 1 aliphatic heterocycles. The molecule has 5 heteroatoms. The van der Waals surface area contributed by atoms with Gasteiger partial charge in [-0.25, -0.2) is 4.79 Å². The predicted octanol–water partition coefficient (Wildman–Crippen LogP) is 3.99. The maximum Gasteiger partial charge on any atom is 0.340 e. The van der Waals surface area contributed by atoms with E-state index in [0.29, 0.717) is 11.3 Å². The first kappa shape index (κ1) is 18.0. The molecule has 1 heterocycles. The largest absolute Gasteiger partial charge is 0.452 e. The molecule has 5 nitrogen and oxygen atoms in total. The van der Waals surface area contributed by atoms with Crippen LogP contribution in [0.15, 0.2) is 54.6 Å². The molecule has 0 radical (unpaired) electrons. The number of nitrogens with one attached hydrogen (secondary N) is 1. The number of hydrogen-bond acceptors (Lipinski definition) is 4. The van der Waals surface area contributed by atoms with Gasteiger partial charge in [-0.3, -0.25) is 4.79 Å². The van der Waals surface area contributed by atoms with Crippen molar-refractivity contribution < 1.29 is 14.3 Å². The van der Waals surface area contributed by atoms with Crippen molar-refractivity contribution in [2.75, 3.05) is 18.5 Å². The van der Waals surface area contributed by atoms with Gasteiger partial charge in [0.15, 0.2) is 6.61 Å². The first-order valence-corrected chi connectivity index (χ1v) is 9.03. The summed E-state index contributed by atoms with van der Waals surface area (Å²) in [5.74, 6) is -0.624. The zero-order valence-corrected chi connectivity index (χ0v) is 15.0. The minimum absolute atomic E-state index is 0.126. The molecule has 1 aliphatic rings. The van der Waals surface area contributed by atoms with Crippen molar-refractivity contribution in [3.05, 3.63) is 60.2 Å². The number of esters is 1. The number of likely N-dealkylation sites (tertiary alicyclic amines) is 1. The third kappa shape index (κ3) is 4.42. The van der Waals surface area contributed by atoms with E-state index in [4.69, 9.17) is 4.74 Å². The molecule has 0 spiro atoms. The number of carbonyl (C=O) groups excluding carboxylic acids is 2. The van der Waals surface area contributed by atoms with Crippen LogP contribution in [0, 0.1) is 0 Å². The van der Waals surface area contributed by atoms with E-state index in [1.54, 1.807) is 12.1 Å². The van der Waals surface area contributed by atoms with Gasteiger partial charge in [-0.15, -0.1) is 0 Å². The Morgan fingerprint density at radius 3 is 2.58 bits per heavy atom. The Hall–Kier alpha value is -2.82. The molecule has 0 saturated carbocycles. The molecule has 0 aliphatic carbocycles. The van der Waals surface area contributed by atoms with Crippen LogP contribution in [-0.4, -0.2) is 36.0 Å². The van der Waals surface area contributed by atoms with Crippen molar-refractivity contribution >= 4 is 23.3 Å². The number of piperidine rings is 1. The lowest BCUT2D eigenvalue weighted by Crippen LogP contribution is -2.44. The second-order valence-electron chi connectivity index (χ2n) is 6.54. The van der Waals surface area contributed by atoms with Crippen LogP contribution in [0.25, 0.3) is 0 Å². The van der Waals surface area contributed by atoms with Gasteiger partial charge in [0.25, 0.3) is 5.91 Å². The maximum absolute atomic E-state index is 12.5. The summed E-state index contributed by atoms with van der Waals surface area (Å²) in [5.41, 5.74) is 1.95. The first-order valence-electron chi connectivity index (χ1n) is 9.03. The van der Waals surface area contributed by atoms with Gasteiger partial charge in [-0.05, 0) is 50.5 Å². The number of benzene rings is 2. The Morgan fingerprint density at radius 1 is 1.08 bits per heavy atom. The van der Waals surface area contributed by atoms with Crippen molar-refractivity contribution in [2.45, 2.75) is 32.2 Å². The van der Waals surface area contributed by atoms with Crippen molar-refractivity contribution in [1.29, 1.82) is 0 Å². The van der Waals surface area contributed by atoms with Crippen LogP contribution in [0.5, 0.6) is 0 Å². The van der Waals surface area contributed by atoms with E-state index in [1.165, 1.54) is 0 Å². The standard InChI is InChI=1S/C21H24N2O3/c1-16-9-7-8-14-23(16)20(24)15-26-21(25)18-12-5-6-13-19(18)22-17-10-3-2-4-11-17/h2-6,10-13,16,22H,7-9,14-15H2,1H3/t16-/m0/s1. The highest BCUT2D eigenvalue weighted by molar-refractivity contribution is 5.97. The fourth-order valence-electron chi connectivity index (χ4n) is 3.20. The number of ether oxygens (including phenoxy) is 1. The summed E-state index contributed by atoms with van der Waals surface area (Å²) < 4.78 is 5.30. The molecule has 3 rings (SSSR count). The number of rotatable bonds is 5. The van der Waals surface area contributed by atoms with Crippen molar-refractivity contribution in [3.63, 3.8) is 0 Å². The number of anilines is 2. The van der Waals surface area contributed by atoms with E-state index >= 15 is 0 Å². The van der Waals surface area contributed by atoms with Crippen LogP contribution >= 0.6 is 0 Å². The smallest absolute Gasteiger partial charge is 0.340 e.